The van der Waals surface area contributed by atoms with Crippen LogP contribution in [-0.4, -0.2) is 102 Å². The molecule has 1 aliphatic heterocycles. The average molecular weight is 1080 g/mol. The molecule has 0 radical (unpaired) electrons. The van der Waals surface area contributed by atoms with Crippen molar-refractivity contribution in [2.24, 2.45) is 0 Å². The van der Waals surface area contributed by atoms with E-state index in [2.05, 4.69) is 38.8 Å². The van der Waals surface area contributed by atoms with Gasteiger partial charge < -0.3 is 52.9 Å². The molecule has 17 nitrogen and oxygen atoms in total. The maximum atomic E-state index is 12.7. The summed E-state index contributed by atoms with van der Waals surface area (Å²) >= 11 is 0. The van der Waals surface area contributed by atoms with Gasteiger partial charge in [-0.25, -0.2) is 9.59 Å². The number of carbonyl (C=O) groups is 3. The molecule has 6 aromatic carbocycles. The fourth-order valence-corrected chi connectivity index (χ4v) is 9.98. The van der Waals surface area contributed by atoms with Crippen molar-refractivity contribution in [2.75, 3.05) is 54.7 Å². The fourth-order valence-electron chi connectivity index (χ4n) is 9.98. The molecule has 0 atom stereocenters. The van der Waals surface area contributed by atoms with Gasteiger partial charge in [-0.1, -0.05) is 36.4 Å². The standard InChI is InChI=1S/C23H23N3O3.C20H18N2O3.C19H16N2O3.Na.H2O/c1-3-26-21-9-8-18(28-2)14-19(21)20(15-24)22(26)16-4-6-17(7-5-16)23(27)25-10-12-29-13-11-25;1-4-22-18-10-9-15(24-2)11-16(18)17(12-21)19(22)13-5-7-14(8-6-13)20(23)25-3;1-3-21-17-9-8-14(24-2)10-15(17)16(11-20)18(21)12-4-6-13(7-5-12)19(22)23;;/h4-9,14H,3,10-13H2,1-2H3;5-11H,4H2,1-3H3;4-10H,3H2,1-2H3,(H,22,23);;1H2/q;;;+1;/p-1. The minimum atomic E-state index is -0.970. The van der Waals surface area contributed by atoms with E-state index in [0.29, 0.717) is 72.2 Å². The average Bonchev–Trinajstić information content (AvgIpc) is 4.15. The van der Waals surface area contributed by atoms with Crippen LogP contribution in [0.5, 0.6) is 17.2 Å². The number of hydrogen-bond acceptors (Lipinski definition) is 12. The van der Waals surface area contributed by atoms with Crippen molar-refractivity contribution in [1.29, 1.82) is 15.8 Å². The van der Waals surface area contributed by atoms with Gasteiger partial charge in [0.15, 0.2) is 0 Å². The number of rotatable bonds is 12. The quantitative estimate of drug-likeness (QED) is 0.0894. The normalized spacial score (nSPS) is 11.5. The Labute approximate surface area is 485 Å². The number of aromatic carboxylic acids is 1. The summed E-state index contributed by atoms with van der Waals surface area (Å²) in [4.78, 5) is 37.2. The number of morpholine rings is 1. The second kappa shape index (κ2) is 27.1. The number of esters is 1. The van der Waals surface area contributed by atoms with Gasteiger partial charge in [-0.05, 0) is 128 Å². The summed E-state index contributed by atoms with van der Waals surface area (Å²) in [5.74, 6) is 0.793. The molecule has 402 valence electrons. The molecule has 1 saturated heterocycles. The SMILES string of the molecule is CCn1c(-c2ccc(C(=O)N3CCOCC3)cc2)c(C#N)c2cc(OC)ccc21.CCn1c(-c2ccc(C(=O)O)cc2)c(C#N)c2cc(OC)ccc21.CCn1c(-c2ccc(C(=O)OC)cc2)c(C#N)c2cc(OC)ccc21.[Na+].[OH-]. The van der Waals surface area contributed by atoms with Gasteiger partial charge in [-0.3, -0.25) is 4.79 Å². The second-order valence-electron chi connectivity index (χ2n) is 17.8. The van der Waals surface area contributed by atoms with E-state index in [0.717, 1.165) is 85.3 Å². The summed E-state index contributed by atoms with van der Waals surface area (Å²) in [6.07, 6.45) is 0. The molecule has 4 heterocycles. The number of nitriles is 3. The molecule has 1 aliphatic rings. The number of carboxylic acid groups (broad SMARTS) is 1. The molecule has 1 amide bonds. The molecule has 18 heteroatoms. The molecule has 10 rings (SSSR count). The number of amides is 1. The van der Waals surface area contributed by atoms with Gasteiger partial charge in [-0.15, -0.1) is 0 Å². The van der Waals surface area contributed by atoms with Crippen molar-refractivity contribution in [2.45, 2.75) is 40.4 Å². The van der Waals surface area contributed by atoms with E-state index < -0.39 is 5.97 Å². The molecule has 2 N–H and O–H groups in total. The number of aromatic nitrogens is 3. The minimum absolute atomic E-state index is 0. The number of ether oxygens (including phenoxy) is 5. The summed E-state index contributed by atoms with van der Waals surface area (Å²) in [5, 5.41) is 40.9. The first-order valence-corrected chi connectivity index (χ1v) is 25.2. The van der Waals surface area contributed by atoms with Crippen LogP contribution in [0, 0.1) is 34.0 Å². The number of fused-ring (bicyclic) bond motifs is 3. The summed E-state index contributed by atoms with van der Waals surface area (Å²) in [7, 11) is 6.17. The zero-order valence-electron chi connectivity index (χ0n) is 45.9. The zero-order chi connectivity index (χ0) is 55.6. The summed E-state index contributed by atoms with van der Waals surface area (Å²) in [5.41, 5.74) is 11.1. The van der Waals surface area contributed by atoms with Crippen molar-refractivity contribution < 1.29 is 78.2 Å². The van der Waals surface area contributed by atoms with E-state index in [1.807, 2.05) is 110 Å². The molecule has 80 heavy (non-hydrogen) atoms. The van der Waals surface area contributed by atoms with Crippen molar-refractivity contribution in [3.05, 3.63) is 161 Å². The first-order chi connectivity index (χ1) is 37.9. The Morgan fingerprint density at radius 2 is 0.838 bits per heavy atom. The van der Waals surface area contributed by atoms with Crippen molar-refractivity contribution in [3.63, 3.8) is 0 Å². The number of nitrogens with zero attached hydrogens (tertiary/aromatic N) is 7. The molecule has 0 spiro atoms. The van der Waals surface area contributed by atoms with Gasteiger partial charge >= 0.3 is 41.5 Å². The number of methoxy groups -OCH3 is 4. The topological polar surface area (TPSA) is 237 Å². The third kappa shape index (κ3) is 11.9. The number of carbonyl (C=O) groups excluding carboxylic acids is 2. The molecule has 3 aromatic heterocycles. The van der Waals surface area contributed by atoms with Gasteiger partial charge in [0.05, 0.1) is 103 Å². The largest absolute Gasteiger partial charge is 1.00 e. The zero-order valence-corrected chi connectivity index (χ0v) is 47.9. The van der Waals surface area contributed by atoms with Gasteiger partial charge in [0.25, 0.3) is 5.91 Å². The maximum absolute atomic E-state index is 12.7. The summed E-state index contributed by atoms with van der Waals surface area (Å²) in [6.45, 7) is 10.6. The molecule has 0 bridgehead atoms. The molecule has 0 aliphatic carbocycles. The number of aryl methyl sites for hydroxylation is 3. The van der Waals surface area contributed by atoms with E-state index in [1.165, 1.54) is 7.11 Å². The fraction of sp³-hybridized carbons (Fsp3) is 0.226. The Morgan fingerprint density at radius 3 is 1.12 bits per heavy atom. The molecule has 0 saturated carbocycles. The second-order valence-corrected chi connectivity index (χ2v) is 17.8. The first-order valence-electron chi connectivity index (χ1n) is 25.2. The maximum Gasteiger partial charge on any atom is 1.00 e. The van der Waals surface area contributed by atoms with Crippen LogP contribution in [-0.2, 0) is 29.1 Å². The number of benzene rings is 6. The van der Waals surface area contributed by atoms with E-state index in [-0.39, 0.29) is 52.5 Å². The predicted octanol–water partition coefficient (Wildman–Crippen LogP) is 8.41. The van der Waals surface area contributed by atoms with Gasteiger partial charge in [-0.2, -0.15) is 15.8 Å². The Bertz CT molecular complexity index is 3840. The Hall–Kier alpha value is -8.86. The summed E-state index contributed by atoms with van der Waals surface area (Å²) in [6, 6.07) is 45.4. The third-order valence-electron chi connectivity index (χ3n) is 13.8. The van der Waals surface area contributed by atoms with Crippen molar-refractivity contribution in [3.8, 4) is 69.2 Å². The van der Waals surface area contributed by atoms with E-state index in [1.54, 1.807) is 57.7 Å². The van der Waals surface area contributed by atoms with Gasteiger partial charge in [0.2, 0.25) is 0 Å². The van der Waals surface area contributed by atoms with Crippen molar-refractivity contribution >= 4 is 50.6 Å². The van der Waals surface area contributed by atoms with Crippen LogP contribution in [0.1, 0.15) is 68.5 Å². The van der Waals surface area contributed by atoms with E-state index in [4.69, 9.17) is 28.8 Å². The smallest absolute Gasteiger partial charge is 0.870 e. The van der Waals surface area contributed by atoms with Crippen LogP contribution in [0.2, 0.25) is 0 Å². The van der Waals surface area contributed by atoms with Crippen LogP contribution in [0.25, 0.3) is 66.5 Å². The predicted molar refractivity (Wildman–Crippen MR) is 300 cm³/mol. The van der Waals surface area contributed by atoms with Crippen LogP contribution < -0.4 is 43.8 Å². The molecular weight excluding hydrogens is 1030 g/mol. The Balaban J connectivity index is 0.000000192. The van der Waals surface area contributed by atoms with E-state index >= 15 is 0 Å². The van der Waals surface area contributed by atoms with Gasteiger partial charge in [0, 0.05) is 54.4 Å². The molecule has 0 unspecified atom stereocenters. The first kappa shape index (κ1) is 60.4. The Morgan fingerprint density at radius 1 is 0.512 bits per heavy atom. The molecular formula is C62H58N7NaO10. The van der Waals surface area contributed by atoms with E-state index in [9.17, 15) is 30.2 Å². The Kier molecular flexibility index (Phi) is 20.5. The number of hydrogen-bond donors (Lipinski definition) is 1. The van der Waals surface area contributed by atoms with Crippen LogP contribution >= 0.6 is 0 Å². The summed E-state index contributed by atoms with van der Waals surface area (Å²) < 4.78 is 32.2. The van der Waals surface area contributed by atoms with Gasteiger partial charge in [0.1, 0.15) is 35.5 Å². The third-order valence-corrected chi connectivity index (χ3v) is 13.8. The molecule has 9 aromatic rings. The number of carboxylic acids is 1. The monoisotopic (exact) mass is 1080 g/mol. The van der Waals surface area contributed by atoms with Crippen LogP contribution in [0.3, 0.4) is 0 Å². The molecule has 1 fully saturated rings. The van der Waals surface area contributed by atoms with Crippen LogP contribution in [0.15, 0.2) is 127 Å². The van der Waals surface area contributed by atoms with Crippen molar-refractivity contribution in [1.82, 2.24) is 18.6 Å². The van der Waals surface area contributed by atoms with Crippen LogP contribution in [0.4, 0.5) is 0 Å². The minimum Gasteiger partial charge on any atom is -0.870 e.